The summed E-state index contributed by atoms with van der Waals surface area (Å²) in [6.45, 7) is -0.182. The molecule has 0 saturated heterocycles. The van der Waals surface area contributed by atoms with Crippen LogP contribution >= 0.6 is 0 Å². The van der Waals surface area contributed by atoms with Gasteiger partial charge in [0.2, 0.25) is 0 Å². The zero-order valence-corrected chi connectivity index (χ0v) is 51.5. The molecule has 2 aromatic heterocycles. The number of hydrogen-bond donors (Lipinski definition) is 0. The summed E-state index contributed by atoms with van der Waals surface area (Å²) in [4.78, 5) is 20.3. The molecule has 16 aromatic rings. The molecule has 4 heterocycles. The van der Waals surface area contributed by atoms with E-state index < -0.39 is 5.82 Å². The average molecular weight is 1220 g/mol. The highest BCUT2D eigenvalue weighted by atomic mass is 19.1. The van der Waals surface area contributed by atoms with E-state index >= 15 is 4.39 Å². The topological polar surface area (TPSA) is 50.1 Å². The molecular weight excluding hydrogens is 1160 g/mol. The van der Waals surface area contributed by atoms with E-state index in [1.165, 1.54) is 22.5 Å². The van der Waals surface area contributed by atoms with Crippen LogP contribution in [0.15, 0.2) is 340 Å². The lowest BCUT2D eigenvalue weighted by molar-refractivity contribution is 0.621. The number of rotatable bonds is 11. The highest BCUT2D eigenvalue weighted by molar-refractivity contribution is 7.00. The van der Waals surface area contributed by atoms with E-state index in [-0.39, 0.29) is 6.71 Å². The van der Waals surface area contributed by atoms with Gasteiger partial charge in [0.1, 0.15) is 5.82 Å². The van der Waals surface area contributed by atoms with Crippen LogP contribution in [0.3, 0.4) is 0 Å². The van der Waals surface area contributed by atoms with Crippen molar-refractivity contribution >= 4 is 79.0 Å². The van der Waals surface area contributed by atoms with Crippen LogP contribution in [0.2, 0.25) is 0 Å². The van der Waals surface area contributed by atoms with E-state index in [0.29, 0.717) is 28.7 Å². The Balaban J connectivity index is 0.881. The fraction of sp³-hybridized carbons (Fsp3) is 0. The molecule has 0 aliphatic carbocycles. The Kier molecular flexibility index (Phi) is 13.4. The monoisotopic (exact) mass is 1210 g/mol. The summed E-state index contributed by atoms with van der Waals surface area (Å²) in [5.74, 6) is 0.962. The lowest BCUT2D eigenvalue weighted by atomic mass is 9.33. The first-order valence-electron chi connectivity index (χ1n) is 32.2. The van der Waals surface area contributed by atoms with Crippen molar-refractivity contribution in [1.29, 1.82) is 0 Å². The van der Waals surface area contributed by atoms with Crippen molar-refractivity contribution < 1.29 is 4.39 Å². The molecule has 6 nitrogen and oxygen atoms in total. The molecule has 2 aliphatic heterocycles. The van der Waals surface area contributed by atoms with Crippen molar-refractivity contribution in [3.05, 3.63) is 346 Å². The number of benzene rings is 14. The Morgan fingerprint density at radius 1 is 0.263 bits per heavy atom. The second-order valence-electron chi connectivity index (χ2n) is 24.4. The molecule has 18 rings (SSSR count). The first-order chi connectivity index (χ1) is 47.0. The van der Waals surface area contributed by atoms with Gasteiger partial charge in [-0.05, 0) is 151 Å². The zero-order chi connectivity index (χ0) is 62.9. The molecular formula is C87H56BFN6. The Labute approximate surface area is 550 Å². The van der Waals surface area contributed by atoms with Gasteiger partial charge in [0.25, 0.3) is 6.71 Å². The average Bonchev–Trinajstić information content (AvgIpc) is 1.05. The Morgan fingerprint density at radius 2 is 0.642 bits per heavy atom. The van der Waals surface area contributed by atoms with Crippen molar-refractivity contribution in [2.75, 3.05) is 9.80 Å². The molecule has 0 unspecified atom stereocenters. The minimum absolute atomic E-state index is 0.182. The van der Waals surface area contributed by atoms with E-state index in [2.05, 4.69) is 269 Å². The molecule has 8 heteroatoms. The molecule has 95 heavy (non-hydrogen) atoms. The van der Waals surface area contributed by atoms with Crippen LogP contribution in [0, 0.1) is 5.82 Å². The molecule has 0 saturated carbocycles. The standard InChI is InChI=1S/C87H56BFN6/c89-76-36-21-35-72(87-91-85(63-30-15-5-16-31-63)90-86(92-87)64-32-17-6-18-33-64)84(76)95-77-37-20-19-34-71(77)73-52-65(42-49-78(73)95)68-55-81-83-82(56-68)94(70-47-40-62(41-48-70)58-24-9-2-10-25-58)80-51-44-67(60-28-13-4-14-29-60)54-75(80)88(83)74-53-66(59-26-11-3-12-27-59)43-50-79(74)93(81)69-45-38-61(39-46-69)57-22-7-1-8-23-57/h1-56H. The number of fused-ring (bicyclic) bond motifs is 7. The van der Waals surface area contributed by atoms with Crippen LogP contribution in [0.25, 0.3) is 117 Å². The summed E-state index contributed by atoms with van der Waals surface area (Å²) in [7, 11) is 0. The van der Waals surface area contributed by atoms with Crippen LogP contribution in [-0.4, -0.2) is 26.2 Å². The minimum atomic E-state index is -0.401. The van der Waals surface area contributed by atoms with Crippen molar-refractivity contribution in [1.82, 2.24) is 19.5 Å². The molecule has 0 fully saturated rings. The van der Waals surface area contributed by atoms with E-state index in [1.807, 2.05) is 72.8 Å². The molecule has 444 valence electrons. The molecule has 0 bridgehead atoms. The highest BCUT2D eigenvalue weighted by Crippen LogP contribution is 2.49. The van der Waals surface area contributed by atoms with Crippen LogP contribution in [-0.2, 0) is 0 Å². The summed E-state index contributed by atoms with van der Waals surface area (Å²) < 4.78 is 19.6. The van der Waals surface area contributed by atoms with Crippen LogP contribution in [0.4, 0.5) is 38.5 Å². The van der Waals surface area contributed by atoms with E-state index in [0.717, 1.165) is 123 Å². The maximum Gasteiger partial charge on any atom is 0.252 e. The van der Waals surface area contributed by atoms with E-state index in [4.69, 9.17) is 15.0 Å². The predicted molar refractivity (Wildman–Crippen MR) is 392 cm³/mol. The first kappa shape index (κ1) is 55.3. The Hall–Kier alpha value is -12.5. The van der Waals surface area contributed by atoms with Gasteiger partial charge in [0.15, 0.2) is 17.5 Å². The SMILES string of the molecule is Fc1cccc(-c2nc(-c3ccccc3)nc(-c3ccccc3)n2)c1-n1c2ccccc2c2cc(-c3cc4c5c(c3)N(c3ccc(-c6ccccc6)cc3)c3ccc(-c6ccccc6)cc3B5c3cc(-c5ccccc5)ccc3N4c3ccc(-c4ccccc4)cc3)ccc21. The van der Waals surface area contributed by atoms with Gasteiger partial charge in [-0.25, -0.2) is 19.3 Å². The Bertz CT molecular complexity index is 5340. The molecule has 0 radical (unpaired) electrons. The van der Waals surface area contributed by atoms with Gasteiger partial charge >= 0.3 is 0 Å². The largest absolute Gasteiger partial charge is 0.311 e. The van der Waals surface area contributed by atoms with Gasteiger partial charge in [0, 0.05) is 61.6 Å². The van der Waals surface area contributed by atoms with Gasteiger partial charge in [0.05, 0.1) is 16.7 Å². The predicted octanol–water partition coefficient (Wildman–Crippen LogP) is 20.5. The smallest absolute Gasteiger partial charge is 0.252 e. The van der Waals surface area contributed by atoms with Crippen molar-refractivity contribution in [3.8, 4) is 95.5 Å². The van der Waals surface area contributed by atoms with Gasteiger partial charge in [-0.2, -0.15) is 0 Å². The Morgan fingerprint density at radius 3 is 1.13 bits per heavy atom. The number of aromatic nitrogens is 4. The van der Waals surface area contributed by atoms with E-state index in [9.17, 15) is 0 Å². The lowest BCUT2D eigenvalue weighted by Crippen LogP contribution is -2.61. The van der Waals surface area contributed by atoms with Gasteiger partial charge in [-0.15, -0.1) is 0 Å². The second kappa shape index (κ2) is 23.0. The lowest BCUT2D eigenvalue weighted by Gasteiger charge is -2.44. The normalized spacial score (nSPS) is 12.2. The fourth-order valence-electron chi connectivity index (χ4n) is 14.5. The van der Waals surface area contributed by atoms with Crippen molar-refractivity contribution in [2.45, 2.75) is 0 Å². The fourth-order valence-corrected chi connectivity index (χ4v) is 14.5. The maximum absolute atomic E-state index is 17.5. The quantitative estimate of drug-likeness (QED) is 0.121. The molecule has 14 aromatic carbocycles. The number of hydrogen-bond acceptors (Lipinski definition) is 5. The van der Waals surface area contributed by atoms with Gasteiger partial charge in [-0.3, -0.25) is 0 Å². The van der Waals surface area contributed by atoms with E-state index in [1.54, 1.807) is 6.07 Å². The van der Waals surface area contributed by atoms with Gasteiger partial charge in [-0.1, -0.05) is 261 Å². The van der Waals surface area contributed by atoms with Crippen molar-refractivity contribution in [3.63, 3.8) is 0 Å². The zero-order valence-electron chi connectivity index (χ0n) is 51.5. The number of anilines is 6. The molecule has 0 N–H and O–H groups in total. The van der Waals surface area contributed by atoms with Gasteiger partial charge < -0.3 is 14.4 Å². The highest BCUT2D eigenvalue weighted by Gasteiger charge is 2.44. The number of nitrogens with zero attached hydrogens (tertiary/aromatic N) is 6. The number of halogens is 1. The third-order valence-corrected chi connectivity index (χ3v) is 18.9. The minimum Gasteiger partial charge on any atom is -0.311 e. The van der Waals surface area contributed by atoms with Crippen LogP contribution < -0.4 is 26.2 Å². The summed E-state index contributed by atoms with van der Waals surface area (Å²) in [5.41, 5.74) is 25.6. The number of para-hydroxylation sites is 2. The van der Waals surface area contributed by atoms with Crippen molar-refractivity contribution in [2.24, 2.45) is 0 Å². The molecule has 2 aliphatic rings. The first-order valence-corrected chi connectivity index (χ1v) is 32.2. The summed E-state index contributed by atoms with van der Waals surface area (Å²) in [6, 6.07) is 120. The summed E-state index contributed by atoms with van der Waals surface area (Å²) in [6.07, 6.45) is 0. The van der Waals surface area contributed by atoms with Crippen LogP contribution in [0.1, 0.15) is 0 Å². The summed E-state index contributed by atoms with van der Waals surface area (Å²) in [5, 5.41) is 1.96. The third-order valence-electron chi connectivity index (χ3n) is 18.9. The molecule has 0 spiro atoms. The second-order valence-corrected chi connectivity index (χ2v) is 24.4. The third kappa shape index (κ3) is 9.61. The molecule has 0 amide bonds. The maximum atomic E-state index is 17.5. The molecule has 0 atom stereocenters. The van der Waals surface area contributed by atoms with Crippen LogP contribution in [0.5, 0.6) is 0 Å². The summed E-state index contributed by atoms with van der Waals surface area (Å²) >= 11 is 0.